The molecule has 1 aliphatic rings. The lowest BCUT2D eigenvalue weighted by Gasteiger charge is -2.39. The van der Waals surface area contributed by atoms with Crippen molar-refractivity contribution in [1.29, 1.82) is 0 Å². The Morgan fingerprint density at radius 3 is 2.33 bits per heavy atom. The van der Waals surface area contributed by atoms with Gasteiger partial charge in [0.15, 0.2) is 0 Å². The Labute approximate surface area is 111 Å². The van der Waals surface area contributed by atoms with Crippen molar-refractivity contribution in [1.82, 2.24) is 15.5 Å². The van der Waals surface area contributed by atoms with Crippen molar-refractivity contribution in [2.75, 3.05) is 26.7 Å². The monoisotopic (exact) mass is 255 g/mol. The van der Waals surface area contributed by atoms with Crippen LogP contribution in [-0.4, -0.2) is 48.6 Å². The van der Waals surface area contributed by atoms with E-state index >= 15 is 0 Å². The Hall–Kier alpha value is -0.610. The minimum Gasteiger partial charge on any atom is -0.350 e. The maximum absolute atomic E-state index is 11.9. The minimum absolute atomic E-state index is 0.0909. The highest BCUT2D eigenvalue weighted by Gasteiger charge is 2.29. The predicted molar refractivity (Wildman–Crippen MR) is 75.7 cm³/mol. The topological polar surface area (TPSA) is 44.4 Å². The number of likely N-dealkylation sites (tertiary alicyclic amines) is 1. The fraction of sp³-hybridized carbons (Fsp3) is 0.929. The number of nitrogens with zero attached hydrogens (tertiary/aromatic N) is 1. The molecule has 0 aromatic rings. The third kappa shape index (κ3) is 4.58. The van der Waals surface area contributed by atoms with Crippen molar-refractivity contribution >= 4 is 5.91 Å². The first-order chi connectivity index (χ1) is 8.30. The SMILES string of the molecule is CCC(C)(C)NC(=O)CN1CCC(C)(NC)CC1. The minimum atomic E-state index is -0.0909. The summed E-state index contributed by atoms with van der Waals surface area (Å²) in [6.07, 6.45) is 3.17. The largest absolute Gasteiger partial charge is 0.350 e. The van der Waals surface area contributed by atoms with E-state index in [1.807, 2.05) is 7.05 Å². The molecule has 0 radical (unpaired) electrons. The van der Waals surface area contributed by atoms with Gasteiger partial charge in [-0.25, -0.2) is 0 Å². The maximum atomic E-state index is 11.9. The van der Waals surface area contributed by atoms with Gasteiger partial charge in [-0.15, -0.1) is 0 Å². The Kier molecular flexibility index (Phi) is 5.17. The fourth-order valence-electron chi connectivity index (χ4n) is 2.16. The van der Waals surface area contributed by atoms with Crippen LogP contribution in [0.25, 0.3) is 0 Å². The number of hydrogen-bond acceptors (Lipinski definition) is 3. The molecular formula is C14H29N3O. The van der Waals surface area contributed by atoms with Crippen molar-refractivity contribution in [3.05, 3.63) is 0 Å². The van der Waals surface area contributed by atoms with Gasteiger partial charge in [-0.1, -0.05) is 6.92 Å². The predicted octanol–water partition coefficient (Wildman–Crippen LogP) is 1.37. The molecule has 0 aliphatic carbocycles. The number of carbonyl (C=O) groups excluding carboxylic acids is 1. The van der Waals surface area contributed by atoms with Gasteiger partial charge < -0.3 is 10.6 Å². The summed E-state index contributed by atoms with van der Waals surface area (Å²) in [6.45, 7) is 11.0. The van der Waals surface area contributed by atoms with Crippen molar-refractivity contribution in [2.24, 2.45) is 0 Å². The van der Waals surface area contributed by atoms with Gasteiger partial charge in [-0.3, -0.25) is 9.69 Å². The van der Waals surface area contributed by atoms with E-state index in [9.17, 15) is 4.79 Å². The Morgan fingerprint density at radius 1 is 1.33 bits per heavy atom. The average molecular weight is 255 g/mol. The number of rotatable bonds is 5. The fourth-order valence-corrected chi connectivity index (χ4v) is 2.16. The molecule has 1 heterocycles. The van der Waals surface area contributed by atoms with Crippen LogP contribution in [0, 0.1) is 0 Å². The number of hydrogen-bond donors (Lipinski definition) is 2. The molecule has 1 amide bonds. The van der Waals surface area contributed by atoms with Gasteiger partial charge >= 0.3 is 0 Å². The molecule has 1 saturated heterocycles. The third-order valence-corrected chi connectivity index (χ3v) is 4.29. The molecule has 0 spiro atoms. The molecule has 0 bridgehead atoms. The van der Waals surface area contributed by atoms with Crippen LogP contribution in [0.2, 0.25) is 0 Å². The van der Waals surface area contributed by atoms with E-state index in [2.05, 4.69) is 43.2 Å². The number of amides is 1. The van der Waals surface area contributed by atoms with Crippen molar-refractivity contribution in [3.63, 3.8) is 0 Å². The van der Waals surface area contributed by atoms with E-state index in [-0.39, 0.29) is 17.0 Å². The molecule has 0 aromatic heterocycles. The number of nitrogens with one attached hydrogen (secondary N) is 2. The normalized spacial score (nSPS) is 20.7. The summed E-state index contributed by atoms with van der Waals surface area (Å²) in [5.74, 6) is 0.148. The highest BCUT2D eigenvalue weighted by Crippen LogP contribution is 2.20. The van der Waals surface area contributed by atoms with E-state index in [1.165, 1.54) is 0 Å². The summed E-state index contributed by atoms with van der Waals surface area (Å²) in [6, 6.07) is 0. The quantitative estimate of drug-likeness (QED) is 0.780. The lowest BCUT2D eigenvalue weighted by atomic mass is 9.90. The molecule has 1 rings (SSSR count). The van der Waals surface area contributed by atoms with Crippen LogP contribution in [0.15, 0.2) is 0 Å². The van der Waals surface area contributed by atoms with Crippen molar-refractivity contribution in [3.8, 4) is 0 Å². The second-order valence-corrected chi connectivity index (χ2v) is 6.37. The van der Waals surface area contributed by atoms with Gasteiger partial charge in [0.1, 0.15) is 0 Å². The first kappa shape index (κ1) is 15.4. The van der Waals surface area contributed by atoms with Gasteiger partial charge in [-0.2, -0.15) is 0 Å². The maximum Gasteiger partial charge on any atom is 0.234 e. The van der Waals surface area contributed by atoms with Crippen LogP contribution in [0.1, 0.15) is 47.0 Å². The Bertz CT molecular complexity index is 281. The zero-order valence-electron chi connectivity index (χ0n) is 12.6. The van der Waals surface area contributed by atoms with Crippen LogP contribution in [0.4, 0.5) is 0 Å². The van der Waals surface area contributed by atoms with Gasteiger partial charge in [0.05, 0.1) is 6.54 Å². The first-order valence-electron chi connectivity index (χ1n) is 7.02. The number of carbonyl (C=O) groups is 1. The lowest BCUT2D eigenvalue weighted by molar-refractivity contribution is -0.124. The standard InChI is InChI=1S/C14H29N3O/c1-6-13(2,3)16-12(18)11-17-9-7-14(4,15-5)8-10-17/h15H,6-11H2,1-5H3,(H,16,18). The molecule has 1 aliphatic heterocycles. The molecule has 4 nitrogen and oxygen atoms in total. The third-order valence-electron chi connectivity index (χ3n) is 4.29. The summed E-state index contributed by atoms with van der Waals surface area (Å²) >= 11 is 0. The molecule has 0 saturated carbocycles. The van der Waals surface area contributed by atoms with Gasteiger partial charge in [0.2, 0.25) is 5.91 Å². The lowest BCUT2D eigenvalue weighted by Crippen LogP contribution is -2.53. The van der Waals surface area contributed by atoms with Crippen LogP contribution >= 0.6 is 0 Å². The smallest absolute Gasteiger partial charge is 0.234 e. The first-order valence-corrected chi connectivity index (χ1v) is 7.02. The molecule has 4 heteroatoms. The number of piperidine rings is 1. The zero-order chi connectivity index (χ0) is 13.8. The van der Waals surface area contributed by atoms with E-state index < -0.39 is 0 Å². The molecular weight excluding hydrogens is 226 g/mol. The molecule has 18 heavy (non-hydrogen) atoms. The van der Waals surface area contributed by atoms with E-state index in [1.54, 1.807) is 0 Å². The second kappa shape index (κ2) is 6.02. The van der Waals surface area contributed by atoms with Gasteiger partial charge in [-0.05, 0) is 47.1 Å². The summed E-state index contributed by atoms with van der Waals surface area (Å²) in [4.78, 5) is 14.2. The summed E-state index contributed by atoms with van der Waals surface area (Å²) < 4.78 is 0. The molecule has 0 unspecified atom stereocenters. The zero-order valence-corrected chi connectivity index (χ0v) is 12.6. The van der Waals surface area contributed by atoms with E-state index in [0.717, 1.165) is 32.4 Å². The van der Waals surface area contributed by atoms with Crippen LogP contribution < -0.4 is 10.6 Å². The molecule has 2 N–H and O–H groups in total. The van der Waals surface area contributed by atoms with Crippen LogP contribution in [0.5, 0.6) is 0 Å². The molecule has 0 atom stereocenters. The second-order valence-electron chi connectivity index (χ2n) is 6.37. The van der Waals surface area contributed by atoms with Gasteiger partial charge in [0, 0.05) is 24.2 Å². The summed E-state index contributed by atoms with van der Waals surface area (Å²) in [5, 5.41) is 6.47. The summed E-state index contributed by atoms with van der Waals surface area (Å²) in [7, 11) is 2.02. The summed E-state index contributed by atoms with van der Waals surface area (Å²) in [5.41, 5.74) is 0.155. The van der Waals surface area contributed by atoms with E-state index in [4.69, 9.17) is 0 Å². The molecule has 106 valence electrons. The highest BCUT2D eigenvalue weighted by molar-refractivity contribution is 5.78. The Morgan fingerprint density at radius 2 is 1.89 bits per heavy atom. The van der Waals surface area contributed by atoms with Crippen molar-refractivity contribution < 1.29 is 4.79 Å². The average Bonchev–Trinajstić information content (AvgIpc) is 2.32. The van der Waals surface area contributed by atoms with Gasteiger partial charge in [0.25, 0.3) is 0 Å². The molecule has 1 fully saturated rings. The van der Waals surface area contributed by atoms with Crippen molar-refractivity contribution in [2.45, 2.75) is 58.0 Å². The van der Waals surface area contributed by atoms with Crippen LogP contribution in [0.3, 0.4) is 0 Å². The van der Waals surface area contributed by atoms with Crippen LogP contribution in [-0.2, 0) is 4.79 Å². The van der Waals surface area contributed by atoms with E-state index in [0.29, 0.717) is 6.54 Å². The highest BCUT2D eigenvalue weighted by atomic mass is 16.2. The molecule has 0 aromatic carbocycles. The Balaban J connectivity index is 2.35.